The number of carbonyl (C=O) groups is 1. The Morgan fingerprint density at radius 1 is 1.03 bits per heavy atom. The van der Waals surface area contributed by atoms with Gasteiger partial charge in [0.1, 0.15) is 17.5 Å². The number of halogens is 2. The Labute approximate surface area is 183 Å². The van der Waals surface area contributed by atoms with Gasteiger partial charge in [-0.2, -0.15) is 4.37 Å². The molecule has 1 N–H and O–H groups in total. The lowest BCUT2D eigenvalue weighted by molar-refractivity contribution is 0.0943. The van der Waals surface area contributed by atoms with Crippen molar-refractivity contribution in [3.8, 4) is 0 Å². The normalized spacial score (nSPS) is 14.6. The van der Waals surface area contributed by atoms with E-state index < -0.39 is 5.82 Å². The van der Waals surface area contributed by atoms with Gasteiger partial charge in [-0.3, -0.25) is 9.69 Å². The smallest absolute Gasteiger partial charge is 0.254 e. The molecule has 0 bridgehead atoms. The molecule has 1 aromatic heterocycles. The number of hydrogen-bond acceptors (Lipinski definition) is 6. The van der Waals surface area contributed by atoms with Crippen LogP contribution in [0.5, 0.6) is 0 Å². The predicted molar refractivity (Wildman–Crippen MR) is 117 cm³/mol. The summed E-state index contributed by atoms with van der Waals surface area (Å²) in [6.07, 6.45) is 0.582. The number of benzene rings is 2. The molecular formula is C22H23F2N5OS. The van der Waals surface area contributed by atoms with E-state index in [-0.39, 0.29) is 17.3 Å². The first-order valence-corrected chi connectivity index (χ1v) is 10.9. The van der Waals surface area contributed by atoms with E-state index in [0.717, 1.165) is 42.7 Å². The molecule has 1 aliphatic rings. The molecule has 2 aromatic carbocycles. The van der Waals surface area contributed by atoms with Gasteiger partial charge < -0.3 is 10.2 Å². The summed E-state index contributed by atoms with van der Waals surface area (Å²) < 4.78 is 31.1. The van der Waals surface area contributed by atoms with Crippen molar-refractivity contribution in [2.45, 2.75) is 6.42 Å². The maximum Gasteiger partial charge on any atom is 0.254 e. The summed E-state index contributed by atoms with van der Waals surface area (Å²) in [6, 6.07) is 12.4. The maximum atomic E-state index is 13.7. The summed E-state index contributed by atoms with van der Waals surface area (Å²) in [5, 5.41) is 3.68. The van der Waals surface area contributed by atoms with Gasteiger partial charge >= 0.3 is 0 Å². The molecule has 1 amide bonds. The van der Waals surface area contributed by atoms with Gasteiger partial charge in [0, 0.05) is 57.2 Å². The largest absolute Gasteiger partial charge is 0.351 e. The van der Waals surface area contributed by atoms with Crippen LogP contribution in [-0.4, -0.2) is 59.4 Å². The van der Waals surface area contributed by atoms with Gasteiger partial charge in [-0.15, -0.1) is 0 Å². The van der Waals surface area contributed by atoms with Gasteiger partial charge in [-0.1, -0.05) is 24.3 Å². The Kier molecular flexibility index (Phi) is 6.83. The topological polar surface area (TPSA) is 61.4 Å². The van der Waals surface area contributed by atoms with E-state index in [2.05, 4.69) is 24.5 Å². The van der Waals surface area contributed by atoms with Crippen LogP contribution >= 0.6 is 11.5 Å². The van der Waals surface area contributed by atoms with Crippen molar-refractivity contribution in [1.29, 1.82) is 0 Å². The van der Waals surface area contributed by atoms with Crippen LogP contribution in [0.4, 0.5) is 13.9 Å². The van der Waals surface area contributed by atoms with Gasteiger partial charge in [0.05, 0.1) is 5.56 Å². The quantitative estimate of drug-likeness (QED) is 0.609. The van der Waals surface area contributed by atoms with E-state index in [4.69, 9.17) is 0 Å². The van der Waals surface area contributed by atoms with Gasteiger partial charge in [-0.05, 0) is 29.8 Å². The highest BCUT2D eigenvalue weighted by Crippen LogP contribution is 2.20. The summed E-state index contributed by atoms with van der Waals surface area (Å²) in [7, 11) is 0. The minimum Gasteiger partial charge on any atom is -0.351 e. The molecule has 0 radical (unpaired) electrons. The average molecular weight is 444 g/mol. The van der Waals surface area contributed by atoms with Gasteiger partial charge in [0.2, 0.25) is 5.13 Å². The van der Waals surface area contributed by atoms with Crippen molar-refractivity contribution in [2.24, 2.45) is 0 Å². The monoisotopic (exact) mass is 443 g/mol. The molecule has 4 rings (SSSR count). The predicted octanol–water partition coefficient (Wildman–Crippen LogP) is 2.96. The molecule has 9 heteroatoms. The van der Waals surface area contributed by atoms with Gasteiger partial charge in [0.25, 0.3) is 5.91 Å². The summed E-state index contributed by atoms with van der Waals surface area (Å²) >= 11 is 1.38. The molecule has 0 saturated carbocycles. The number of amides is 1. The van der Waals surface area contributed by atoms with Crippen LogP contribution in [0.2, 0.25) is 0 Å². The fourth-order valence-electron chi connectivity index (χ4n) is 3.46. The highest BCUT2D eigenvalue weighted by Gasteiger charge is 2.20. The Bertz CT molecular complexity index is 1020. The average Bonchev–Trinajstić information content (AvgIpc) is 3.24. The number of anilines is 1. The molecule has 1 saturated heterocycles. The fraction of sp³-hybridized carbons (Fsp3) is 0.318. The minimum absolute atomic E-state index is 0.0695. The second-order valence-corrected chi connectivity index (χ2v) is 8.09. The zero-order chi connectivity index (χ0) is 21.6. The summed E-state index contributed by atoms with van der Waals surface area (Å²) in [6.45, 7) is 4.53. The molecule has 1 fully saturated rings. The SMILES string of the molecule is O=C(NCCN1CCN(c2nc(Cc3ccc(F)cc3)ns2)CC1)c1ccccc1F. The van der Waals surface area contributed by atoms with Crippen molar-refractivity contribution in [3.63, 3.8) is 0 Å². The number of carbonyl (C=O) groups excluding carboxylic acids is 1. The first kappa shape index (κ1) is 21.3. The van der Waals surface area contributed by atoms with E-state index in [0.29, 0.717) is 19.5 Å². The number of rotatable bonds is 7. The molecule has 0 unspecified atom stereocenters. The zero-order valence-electron chi connectivity index (χ0n) is 16.9. The minimum atomic E-state index is -0.510. The van der Waals surface area contributed by atoms with Crippen LogP contribution in [0.15, 0.2) is 48.5 Å². The lowest BCUT2D eigenvalue weighted by Gasteiger charge is -2.34. The Morgan fingerprint density at radius 3 is 2.52 bits per heavy atom. The lowest BCUT2D eigenvalue weighted by Crippen LogP contribution is -2.48. The Balaban J connectivity index is 1.21. The molecule has 3 aromatic rings. The molecule has 0 aliphatic carbocycles. The van der Waals surface area contributed by atoms with E-state index in [1.165, 1.54) is 35.8 Å². The maximum absolute atomic E-state index is 13.7. The van der Waals surface area contributed by atoms with E-state index >= 15 is 0 Å². The second kappa shape index (κ2) is 9.93. The van der Waals surface area contributed by atoms with Crippen molar-refractivity contribution < 1.29 is 13.6 Å². The molecule has 162 valence electrons. The summed E-state index contributed by atoms with van der Waals surface area (Å²) in [4.78, 5) is 21.2. The van der Waals surface area contributed by atoms with E-state index in [9.17, 15) is 13.6 Å². The summed E-state index contributed by atoms with van der Waals surface area (Å²) in [5.74, 6) is -0.408. The van der Waals surface area contributed by atoms with Crippen molar-refractivity contribution in [1.82, 2.24) is 19.6 Å². The second-order valence-electron chi connectivity index (χ2n) is 7.36. The molecule has 6 nitrogen and oxygen atoms in total. The van der Waals surface area contributed by atoms with Crippen LogP contribution in [0.25, 0.3) is 0 Å². The summed E-state index contributed by atoms with van der Waals surface area (Å²) in [5.41, 5.74) is 1.05. The molecule has 0 atom stereocenters. The van der Waals surface area contributed by atoms with E-state index in [1.807, 2.05) is 0 Å². The Hall–Kier alpha value is -2.91. The van der Waals surface area contributed by atoms with E-state index in [1.54, 1.807) is 24.3 Å². The standard InChI is InChI=1S/C22H23F2N5OS/c23-17-7-5-16(6-8-17)15-20-26-22(31-27-20)29-13-11-28(12-14-29)10-9-25-21(30)18-3-1-2-4-19(18)24/h1-8H,9-15H2,(H,25,30). The first-order chi connectivity index (χ1) is 15.1. The van der Waals surface area contributed by atoms with Crippen LogP contribution in [-0.2, 0) is 6.42 Å². The Morgan fingerprint density at radius 2 is 1.77 bits per heavy atom. The zero-order valence-corrected chi connectivity index (χ0v) is 17.7. The van der Waals surface area contributed by atoms with Gasteiger partial charge in [-0.25, -0.2) is 13.8 Å². The third kappa shape index (κ3) is 5.62. The van der Waals surface area contributed by atoms with Crippen LogP contribution < -0.4 is 10.2 Å². The number of nitrogens with one attached hydrogen (secondary N) is 1. The molecule has 0 spiro atoms. The van der Waals surface area contributed by atoms with Crippen molar-refractivity contribution in [3.05, 3.63) is 77.1 Å². The number of piperazine rings is 1. The molecule has 1 aliphatic heterocycles. The number of aromatic nitrogens is 2. The lowest BCUT2D eigenvalue weighted by atomic mass is 10.1. The third-order valence-electron chi connectivity index (χ3n) is 5.21. The highest BCUT2D eigenvalue weighted by molar-refractivity contribution is 7.09. The molecule has 2 heterocycles. The van der Waals surface area contributed by atoms with Crippen LogP contribution in [0.1, 0.15) is 21.7 Å². The fourth-order valence-corrected chi connectivity index (χ4v) is 4.20. The molecule has 31 heavy (non-hydrogen) atoms. The molecular weight excluding hydrogens is 420 g/mol. The van der Waals surface area contributed by atoms with Crippen LogP contribution in [0.3, 0.4) is 0 Å². The van der Waals surface area contributed by atoms with Crippen LogP contribution in [0, 0.1) is 11.6 Å². The van der Waals surface area contributed by atoms with Crippen molar-refractivity contribution in [2.75, 3.05) is 44.2 Å². The first-order valence-electron chi connectivity index (χ1n) is 10.2. The number of nitrogens with zero attached hydrogens (tertiary/aromatic N) is 4. The number of hydrogen-bond donors (Lipinski definition) is 1. The third-order valence-corrected chi connectivity index (χ3v) is 6.02. The highest BCUT2D eigenvalue weighted by atomic mass is 32.1. The van der Waals surface area contributed by atoms with Gasteiger partial charge in [0.15, 0.2) is 0 Å². The van der Waals surface area contributed by atoms with Crippen molar-refractivity contribution >= 4 is 22.6 Å².